The number of carbonyl (C=O) groups is 2. The summed E-state index contributed by atoms with van der Waals surface area (Å²) in [6.07, 6.45) is 1.48. The molecule has 0 fully saturated rings. The van der Waals surface area contributed by atoms with Crippen LogP contribution in [0.1, 0.15) is 29.1 Å². The van der Waals surface area contributed by atoms with Gasteiger partial charge in [-0.15, -0.1) is 0 Å². The summed E-state index contributed by atoms with van der Waals surface area (Å²) >= 11 is 5.97. The number of hydrogen-bond donors (Lipinski definition) is 1. The summed E-state index contributed by atoms with van der Waals surface area (Å²) in [5, 5.41) is 2.62. The van der Waals surface area contributed by atoms with Crippen molar-refractivity contribution >= 4 is 33.5 Å². The van der Waals surface area contributed by atoms with Crippen molar-refractivity contribution in [1.29, 1.82) is 0 Å². The SMILES string of the molecule is C[C@H](NC(=O)COC(=O)c1cc(S(=O)(=O)N(C)C)ccc1Cl)c1ccco1. The fraction of sp³-hybridized carbons (Fsp3) is 0.294. The number of furan rings is 1. The second-order valence-corrected chi connectivity index (χ2v) is 8.37. The van der Waals surface area contributed by atoms with Crippen LogP contribution < -0.4 is 5.32 Å². The maximum Gasteiger partial charge on any atom is 0.340 e. The Labute approximate surface area is 162 Å². The number of nitrogens with zero attached hydrogens (tertiary/aromatic N) is 1. The number of ether oxygens (including phenoxy) is 1. The first-order valence-electron chi connectivity index (χ1n) is 7.85. The quantitative estimate of drug-likeness (QED) is 0.696. The third-order valence-corrected chi connectivity index (χ3v) is 5.76. The summed E-state index contributed by atoms with van der Waals surface area (Å²) < 4.78 is 35.5. The van der Waals surface area contributed by atoms with Crippen molar-refractivity contribution in [2.75, 3.05) is 20.7 Å². The van der Waals surface area contributed by atoms with E-state index >= 15 is 0 Å². The van der Waals surface area contributed by atoms with E-state index < -0.39 is 34.5 Å². The number of esters is 1. The van der Waals surface area contributed by atoms with Crippen molar-refractivity contribution in [2.24, 2.45) is 0 Å². The molecule has 10 heteroatoms. The molecule has 0 aliphatic carbocycles. The van der Waals surface area contributed by atoms with Gasteiger partial charge >= 0.3 is 5.97 Å². The van der Waals surface area contributed by atoms with Crippen LogP contribution in [0.3, 0.4) is 0 Å². The summed E-state index contributed by atoms with van der Waals surface area (Å²) in [5.41, 5.74) is -0.147. The molecule has 2 rings (SSSR count). The smallest absolute Gasteiger partial charge is 0.340 e. The molecule has 27 heavy (non-hydrogen) atoms. The van der Waals surface area contributed by atoms with Crippen LogP contribution in [0.5, 0.6) is 0 Å². The van der Waals surface area contributed by atoms with Gasteiger partial charge in [0, 0.05) is 14.1 Å². The molecular formula is C17H19ClN2O6S. The molecule has 0 saturated carbocycles. The minimum Gasteiger partial charge on any atom is -0.467 e. The van der Waals surface area contributed by atoms with Crippen molar-refractivity contribution in [3.63, 3.8) is 0 Å². The van der Waals surface area contributed by atoms with E-state index in [2.05, 4.69) is 5.32 Å². The molecule has 1 atom stereocenters. The highest BCUT2D eigenvalue weighted by Crippen LogP contribution is 2.23. The zero-order chi connectivity index (χ0) is 20.2. The Balaban J connectivity index is 2.04. The zero-order valence-corrected chi connectivity index (χ0v) is 16.5. The van der Waals surface area contributed by atoms with Gasteiger partial charge in [-0.25, -0.2) is 17.5 Å². The average molecular weight is 415 g/mol. The highest BCUT2D eigenvalue weighted by molar-refractivity contribution is 7.89. The number of hydrogen-bond acceptors (Lipinski definition) is 6. The van der Waals surface area contributed by atoms with Crippen molar-refractivity contribution in [3.05, 3.63) is 52.9 Å². The van der Waals surface area contributed by atoms with Crippen LogP contribution in [0.25, 0.3) is 0 Å². The van der Waals surface area contributed by atoms with E-state index in [9.17, 15) is 18.0 Å². The molecule has 0 aliphatic heterocycles. The van der Waals surface area contributed by atoms with Crippen LogP contribution >= 0.6 is 11.6 Å². The van der Waals surface area contributed by atoms with Gasteiger partial charge in [-0.2, -0.15) is 0 Å². The van der Waals surface area contributed by atoms with E-state index in [-0.39, 0.29) is 15.5 Å². The van der Waals surface area contributed by atoms with E-state index in [0.717, 1.165) is 10.4 Å². The van der Waals surface area contributed by atoms with Gasteiger partial charge in [0.2, 0.25) is 10.0 Å². The van der Waals surface area contributed by atoms with Crippen LogP contribution in [-0.4, -0.2) is 45.3 Å². The molecule has 1 N–H and O–H groups in total. The summed E-state index contributed by atoms with van der Waals surface area (Å²) in [6, 6.07) is 6.68. The first-order valence-corrected chi connectivity index (χ1v) is 9.66. The van der Waals surface area contributed by atoms with Crippen molar-refractivity contribution < 1.29 is 27.2 Å². The third kappa shape index (κ3) is 5.09. The summed E-state index contributed by atoms with van der Waals surface area (Å²) in [5.74, 6) is -0.892. The van der Waals surface area contributed by atoms with Gasteiger partial charge in [-0.1, -0.05) is 11.6 Å². The lowest BCUT2D eigenvalue weighted by atomic mass is 10.2. The molecule has 1 aromatic carbocycles. The lowest BCUT2D eigenvalue weighted by molar-refractivity contribution is -0.125. The number of nitrogens with one attached hydrogen (secondary N) is 1. The number of sulfonamides is 1. The van der Waals surface area contributed by atoms with E-state index in [1.807, 2.05) is 0 Å². The molecule has 0 spiro atoms. The zero-order valence-electron chi connectivity index (χ0n) is 14.9. The topological polar surface area (TPSA) is 106 Å². The fourth-order valence-corrected chi connectivity index (χ4v) is 3.26. The molecule has 0 unspecified atom stereocenters. The second kappa shape index (κ2) is 8.55. The van der Waals surface area contributed by atoms with Crippen molar-refractivity contribution in [1.82, 2.24) is 9.62 Å². The van der Waals surface area contributed by atoms with Gasteiger partial charge in [0.25, 0.3) is 5.91 Å². The van der Waals surface area contributed by atoms with Crippen LogP contribution in [0, 0.1) is 0 Å². The Bertz CT molecular complexity index is 925. The van der Waals surface area contributed by atoms with E-state index in [1.165, 1.54) is 32.5 Å². The summed E-state index contributed by atoms with van der Waals surface area (Å²) in [6.45, 7) is 1.16. The van der Waals surface area contributed by atoms with Crippen LogP contribution in [0.15, 0.2) is 45.9 Å². The van der Waals surface area contributed by atoms with Crippen molar-refractivity contribution in [3.8, 4) is 0 Å². The van der Waals surface area contributed by atoms with Gasteiger partial charge in [0.05, 0.1) is 27.8 Å². The molecule has 1 heterocycles. The second-order valence-electron chi connectivity index (χ2n) is 5.81. The highest BCUT2D eigenvalue weighted by Gasteiger charge is 2.22. The molecular weight excluding hydrogens is 396 g/mol. The molecule has 0 saturated heterocycles. The van der Waals surface area contributed by atoms with Crippen LogP contribution in [-0.2, 0) is 19.6 Å². The normalized spacial score (nSPS) is 12.6. The number of rotatable bonds is 7. The van der Waals surface area contributed by atoms with E-state index in [1.54, 1.807) is 19.1 Å². The molecule has 0 radical (unpaired) electrons. The Morgan fingerprint density at radius 1 is 1.30 bits per heavy atom. The first kappa shape index (κ1) is 20.9. The van der Waals surface area contributed by atoms with Gasteiger partial charge in [-0.3, -0.25) is 4.79 Å². The molecule has 1 aromatic heterocycles. The van der Waals surface area contributed by atoms with E-state index in [0.29, 0.717) is 5.76 Å². The number of carbonyl (C=O) groups excluding carboxylic acids is 2. The maximum absolute atomic E-state index is 12.2. The number of amides is 1. The monoisotopic (exact) mass is 414 g/mol. The van der Waals surface area contributed by atoms with Crippen LogP contribution in [0.4, 0.5) is 0 Å². The van der Waals surface area contributed by atoms with Crippen LogP contribution in [0.2, 0.25) is 5.02 Å². The molecule has 8 nitrogen and oxygen atoms in total. The predicted octanol–water partition coefficient (Wildman–Crippen LogP) is 2.22. The lowest BCUT2D eigenvalue weighted by Gasteiger charge is -2.14. The standard InChI is InChI=1S/C17H19ClN2O6S/c1-11(15-5-4-8-25-15)19-16(21)10-26-17(22)13-9-12(6-7-14(13)18)27(23,24)20(2)3/h4-9,11H,10H2,1-3H3,(H,19,21)/t11-/m0/s1. The number of halogens is 1. The summed E-state index contributed by atoms with van der Waals surface area (Å²) in [4.78, 5) is 24.0. The Hall–Kier alpha value is -2.36. The molecule has 1 amide bonds. The summed E-state index contributed by atoms with van der Waals surface area (Å²) in [7, 11) is -1.01. The number of benzene rings is 1. The van der Waals surface area contributed by atoms with Gasteiger partial charge < -0.3 is 14.5 Å². The fourth-order valence-electron chi connectivity index (χ4n) is 2.13. The average Bonchev–Trinajstić information content (AvgIpc) is 3.14. The lowest BCUT2D eigenvalue weighted by Crippen LogP contribution is -2.31. The van der Waals surface area contributed by atoms with Crippen molar-refractivity contribution in [2.45, 2.75) is 17.9 Å². The van der Waals surface area contributed by atoms with E-state index in [4.69, 9.17) is 20.8 Å². The van der Waals surface area contributed by atoms with Gasteiger partial charge in [0.15, 0.2) is 6.61 Å². The van der Waals surface area contributed by atoms with Gasteiger partial charge in [0.1, 0.15) is 5.76 Å². The highest BCUT2D eigenvalue weighted by atomic mass is 35.5. The maximum atomic E-state index is 12.2. The Morgan fingerprint density at radius 3 is 2.59 bits per heavy atom. The minimum atomic E-state index is -3.74. The third-order valence-electron chi connectivity index (χ3n) is 3.62. The minimum absolute atomic E-state index is 0.0158. The van der Waals surface area contributed by atoms with Gasteiger partial charge in [-0.05, 0) is 37.3 Å². The molecule has 146 valence electrons. The molecule has 0 aliphatic rings. The Kier molecular flexibility index (Phi) is 6.63. The Morgan fingerprint density at radius 2 is 2.00 bits per heavy atom. The molecule has 2 aromatic rings. The predicted molar refractivity (Wildman–Crippen MR) is 97.9 cm³/mol. The largest absolute Gasteiger partial charge is 0.467 e. The first-order chi connectivity index (χ1) is 12.6. The molecule has 0 bridgehead atoms.